The van der Waals surface area contributed by atoms with Crippen LogP contribution in [0.15, 0.2) is 23.8 Å². The van der Waals surface area contributed by atoms with Gasteiger partial charge in [-0.2, -0.15) is 0 Å². The number of esters is 2. The molecule has 6 heteroatoms. The van der Waals surface area contributed by atoms with Crippen LogP contribution in [0.4, 0.5) is 0 Å². The molecular formula is C22H33O5Si. The minimum absolute atomic E-state index is 0.207. The van der Waals surface area contributed by atoms with Gasteiger partial charge in [-0.3, -0.25) is 4.79 Å². The van der Waals surface area contributed by atoms with Gasteiger partial charge in [-0.15, -0.1) is 0 Å². The van der Waals surface area contributed by atoms with E-state index in [1.54, 1.807) is 12.1 Å². The summed E-state index contributed by atoms with van der Waals surface area (Å²) in [6.07, 6.45) is 1.80. The second-order valence-corrected chi connectivity index (χ2v) is 11.1. The first-order chi connectivity index (χ1) is 12.8. The molecule has 5 nitrogen and oxygen atoms in total. The third kappa shape index (κ3) is 7.24. The molecule has 0 N–H and O–H groups in total. The lowest BCUT2D eigenvalue weighted by atomic mass is 9.83. The van der Waals surface area contributed by atoms with Crippen LogP contribution in [0.3, 0.4) is 0 Å². The Kier molecular flexibility index (Phi) is 8.20. The zero-order chi connectivity index (χ0) is 21.7. The number of methoxy groups -OCH3 is 1. The molecule has 0 spiro atoms. The highest BCUT2D eigenvalue weighted by Crippen LogP contribution is 2.32. The van der Waals surface area contributed by atoms with Gasteiger partial charge in [0.2, 0.25) is 9.04 Å². The maximum atomic E-state index is 12.2. The van der Waals surface area contributed by atoms with Gasteiger partial charge >= 0.3 is 11.9 Å². The van der Waals surface area contributed by atoms with Crippen molar-refractivity contribution in [3.05, 3.63) is 34.9 Å². The number of carbonyl (C=O) groups is 2. The van der Waals surface area contributed by atoms with Gasteiger partial charge in [0.15, 0.2) is 0 Å². The van der Waals surface area contributed by atoms with Crippen LogP contribution >= 0.6 is 0 Å². The Balaban J connectivity index is 3.36. The van der Waals surface area contributed by atoms with E-state index in [9.17, 15) is 9.59 Å². The summed E-state index contributed by atoms with van der Waals surface area (Å²) in [6, 6.07) is 5.47. The first-order valence-corrected chi connectivity index (χ1v) is 11.7. The molecule has 1 aromatic rings. The third-order valence-corrected chi connectivity index (χ3v) is 4.67. The van der Waals surface area contributed by atoms with Gasteiger partial charge in [-0.1, -0.05) is 26.8 Å². The highest BCUT2D eigenvalue weighted by molar-refractivity contribution is 6.48. The molecule has 1 radical (unpaired) electrons. The summed E-state index contributed by atoms with van der Waals surface area (Å²) < 4.78 is 16.2. The molecule has 0 heterocycles. The van der Waals surface area contributed by atoms with Crippen molar-refractivity contribution in [2.24, 2.45) is 5.41 Å². The molecular weight excluding hydrogens is 372 g/mol. The van der Waals surface area contributed by atoms with Crippen LogP contribution in [-0.4, -0.2) is 34.7 Å². The normalized spacial score (nSPS) is 12.9. The fourth-order valence-electron chi connectivity index (χ4n) is 2.33. The van der Waals surface area contributed by atoms with E-state index in [2.05, 4.69) is 20.8 Å². The third-order valence-electron chi connectivity index (χ3n) is 3.95. The average molecular weight is 406 g/mol. The van der Waals surface area contributed by atoms with E-state index < -0.39 is 20.4 Å². The number of carbonyl (C=O) groups excluding carboxylic acids is 2. The van der Waals surface area contributed by atoms with Crippen LogP contribution in [0.2, 0.25) is 13.1 Å². The summed E-state index contributed by atoms with van der Waals surface area (Å²) in [5, 5.41) is 0. The van der Waals surface area contributed by atoms with Crippen LogP contribution < -0.4 is 4.74 Å². The summed E-state index contributed by atoms with van der Waals surface area (Å²) >= 11 is 0. The Morgan fingerprint density at radius 2 is 1.68 bits per heavy atom. The van der Waals surface area contributed by atoms with Crippen LogP contribution in [-0.2, 0) is 24.2 Å². The number of ether oxygens (including phenoxy) is 2. The topological polar surface area (TPSA) is 61.8 Å². The zero-order valence-electron chi connectivity index (χ0n) is 18.6. The van der Waals surface area contributed by atoms with Gasteiger partial charge in [-0.05, 0) is 68.6 Å². The zero-order valence-corrected chi connectivity index (χ0v) is 19.6. The van der Waals surface area contributed by atoms with Crippen molar-refractivity contribution in [2.45, 2.75) is 60.1 Å². The highest BCUT2D eigenvalue weighted by atomic mass is 28.3. The predicted octanol–water partition coefficient (Wildman–Crippen LogP) is 4.76. The molecule has 0 aliphatic rings. The number of benzene rings is 1. The minimum atomic E-state index is -0.940. The van der Waals surface area contributed by atoms with Crippen LogP contribution in [0.5, 0.6) is 5.75 Å². The fraction of sp³-hybridized carbons (Fsp3) is 0.545. The summed E-state index contributed by atoms with van der Waals surface area (Å²) in [5.41, 5.74) is 1.48. The SMILES string of the molecule is COC(=O)C(=Cc1ccc(OC(=O)C(C)(C)C)cc1C(C)(C)C)CO[Si](C)C. The van der Waals surface area contributed by atoms with Crippen molar-refractivity contribution in [1.82, 2.24) is 0 Å². The number of hydrogen-bond acceptors (Lipinski definition) is 5. The molecule has 1 aromatic carbocycles. The van der Waals surface area contributed by atoms with Crippen molar-refractivity contribution in [1.29, 1.82) is 0 Å². The van der Waals surface area contributed by atoms with Crippen molar-refractivity contribution in [3.8, 4) is 5.75 Å². The standard InChI is InChI=1S/C22H33O5Si/c1-21(2,3)18-13-17(27-20(24)22(4,5)6)11-10-15(18)12-16(19(23)25-7)14-26-28(8)9/h10-13H,14H2,1-9H3. The lowest BCUT2D eigenvalue weighted by Gasteiger charge is -2.24. The molecule has 0 saturated heterocycles. The van der Waals surface area contributed by atoms with Crippen molar-refractivity contribution in [3.63, 3.8) is 0 Å². The Bertz CT molecular complexity index is 736. The molecule has 0 aliphatic carbocycles. The van der Waals surface area contributed by atoms with Crippen LogP contribution in [0.25, 0.3) is 6.08 Å². The van der Waals surface area contributed by atoms with Crippen LogP contribution in [0.1, 0.15) is 52.7 Å². The van der Waals surface area contributed by atoms with Gasteiger partial charge in [0.1, 0.15) is 5.75 Å². The highest BCUT2D eigenvalue weighted by Gasteiger charge is 2.25. The van der Waals surface area contributed by atoms with E-state index in [0.29, 0.717) is 11.3 Å². The predicted molar refractivity (Wildman–Crippen MR) is 114 cm³/mol. The van der Waals surface area contributed by atoms with Crippen LogP contribution in [0, 0.1) is 5.41 Å². The monoisotopic (exact) mass is 405 g/mol. The van der Waals surface area contributed by atoms with Crippen molar-refractivity contribution < 1.29 is 23.5 Å². The Hall–Kier alpha value is -1.92. The van der Waals surface area contributed by atoms with E-state index in [0.717, 1.165) is 11.1 Å². The molecule has 0 fully saturated rings. The summed E-state index contributed by atoms with van der Waals surface area (Å²) in [7, 11) is 0.421. The molecule has 28 heavy (non-hydrogen) atoms. The van der Waals surface area contributed by atoms with Crippen molar-refractivity contribution >= 4 is 27.1 Å². The smallest absolute Gasteiger partial charge is 0.336 e. The largest absolute Gasteiger partial charge is 0.466 e. The second-order valence-electron chi connectivity index (χ2n) is 9.00. The second kappa shape index (κ2) is 9.52. The quantitative estimate of drug-likeness (QED) is 0.295. The number of hydrogen-bond donors (Lipinski definition) is 0. The maximum Gasteiger partial charge on any atom is 0.336 e. The Labute approximate surface area is 170 Å². The molecule has 0 saturated carbocycles. The Morgan fingerprint density at radius 3 is 2.14 bits per heavy atom. The molecule has 0 bridgehead atoms. The first kappa shape index (κ1) is 24.1. The molecule has 0 aliphatic heterocycles. The van der Waals surface area contributed by atoms with Gasteiger partial charge in [0.25, 0.3) is 0 Å². The van der Waals surface area contributed by atoms with E-state index in [1.165, 1.54) is 7.11 Å². The number of rotatable bonds is 6. The van der Waals surface area contributed by atoms with E-state index in [-0.39, 0.29) is 18.0 Å². The van der Waals surface area contributed by atoms with Gasteiger partial charge < -0.3 is 13.9 Å². The van der Waals surface area contributed by atoms with Gasteiger partial charge in [0.05, 0.1) is 24.7 Å². The van der Waals surface area contributed by atoms with E-state index >= 15 is 0 Å². The first-order valence-electron chi connectivity index (χ1n) is 9.34. The Morgan fingerprint density at radius 1 is 1.07 bits per heavy atom. The average Bonchev–Trinajstić information content (AvgIpc) is 2.56. The molecule has 0 aromatic heterocycles. The van der Waals surface area contributed by atoms with Gasteiger partial charge in [-0.25, -0.2) is 4.79 Å². The minimum Gasteiger partial charge on any atom is -0.466 e. The molecule has 155 valence electrons. The lowest BCUT2D eigenvalue weighted by Crippen LogP contribution is -2.25. The molecule has 0 atom stereocenters. The molecule has 0 amide bonds. The van der Waals surface area contributed by atoms with E-state index in [4.69, 9.17) is 13.9 Å². The summed E-state index contributed by atoms with van der Waals surface area (Å²) in [5.74, 6) is -0.211. The lowest BCUT2D eigenvalue weighted by molar-refractivity contribution is -0.143. The van der Waals surface area contributed by atoms with Crippen molar-refractivity contribution in [2.75, 3.05) is 13.7 Å². The molecule has 0 unspecified atom stereocenters. The molecule has 1 rings (SSSR count). The summed E-state index contributed by atoms with van der Waals surface area (Å²) in [4.78, 5) is 24.4. The fourth-order valence-corrected chi connectivity index (χ4v) is 2.78. The maximum absolute atomic E-state index is 12.2. The van der Waals surface area contributed by atoms with E-state index in [1.807, 2.05) is 46.0 Å². The van der Waals surface area contributed by atoms with Gasteiger partial charge in [0, 0.05) is 0 Å². The summed E-state index contributed by atoms with van der Waals surface area (Å²) in [6.45, 7) is 15.9.